The maximum Gasteiger partial charge on any atom is 0.219 e. The molecular formula is C9H18NO2. The van der Waals surface area contributed by atoms with E-state index in [1.807, 2.05) is 0 Å². The van der Waals surface area contributed by atoms with E-state index >= 15 is 0 Å². The van der Waals surface area contributed by atoms with Crippen LogP contribution in [0.15, 0.2) is 0 Å². The van der Waals surface area contributed by atoms with Crippen LogP contribution in [0.5, 0.6) is 0 Å². The Kier molecular flexibility index (Phi) is 7.00. The highest BCUT2D eigenvalue weighted by molar-refractivity contribution is 5.59. The van der Waals surface area contributed by atoms with E-state index in [9.17, 15) is 4.79 Å². The van der Waals surface area contributed by atoms with Gasteiger partial charge in [0.2, 0.25) is 6.29 Å². The first-order valence-electron chi connectivity index (χ1n) is 4.51. The Hall–Kier alpha value is -0.410. The van der Waals surface area contributed by atoms with E-state index in [0.717, 1.165) is 25.8 Å². The number of aliphatic hydroxyl groups is 1. The molecule has 0 rings (SSSR count). The van der Waals surface area contributed by atoms with Crippen LogP contribution in [0.3, 0.4) is 0 Å². The predicted octanol–water partition coefficient (Wildman–Crippen LogP) is 0.625. The van der Waals surface area contributed by atoms with Crippen LogP contribution in [0.1, 0.15) is 33.1 Å². The average Bonchev–Trinajstić information content (AvgIpc) is 2.04. The summed E-state index contributed by atoms with van der Waals surface area (Å²) in [7, 11) is 0. The minimum Gasteiger partial charge on any atom is -0.391 e. The molecule has 3 nitrogen and oxygen atoms in total. The van der Waals surface area contributed by atoms with Gasteiger partial charge in [0, 0.05) is 0 Å². The van der Waals surface area contributed by atoms with E-state index in [4.69, 9.17) is 5.11 Å². The molecule has 1 radical (unpaired) electrons. The highest BCUT2D eigenvalue weighted by Gasteiger charge is 2.12. The highest BCUT2D eigenvalue weighted by Crippen LogP contribution is 1.93. The summed E-state index contributed by atoms with van der Waals surface area (Å²) in [6.07, 6.45) is 4.47. The maximum atomic E-state index is 10.3. The molecule has 0 aromatic heterocycles. The fourth-order valence-corrected chi connectivity index (χ4v) is 0.943. The molecule has 0 amide bonds. The Balaban J connectivity index is 3.38. The van der Waals surface area contributed by atoms with Gasteiger partial charge in [0.05, 0.1) is 6.10 Å². The molecule has 0 spiro atoms. The van der Waals surface area contributed by atoms with Crippen molar-refractivity contribution in [3.63, 3.8) is 0 Å². The van der Waals surface area contributed by atoms with E-state index in [-0.39, 0.29) is 0 Å². The third-order valence-corrected chi connectivity index (χ3v) is 1.75. The van der Waals surface area contributed by atoms with Crippen molar-refractivity contribution in [2.75, 3.05) is 6.54 Å². The topological polar surface area (TPSA) is 49.3 Å². The number of nitrogens with one attached hydrogen (secondary N) is 1. The summed E-state index contributed by atoms with van der Waals surface area (Å²) < 4.78 is 0. The number of aliphatic hydroxyl groups excluding tert-OH is 1. The molecule has 0 unspecified atom stereocenters. The fraction of sp³-hybridized carbons (Fsp3) is 0.889. The van der Waals surface area contributed by atoms with Crippen LogP contribution in [-0.4, -0.2) is 30.1 Å². The minimum absolute atomic E-state index is 0.526. The van der Waals surface area contributed by atoms with Gasteiger partial charge in [-0.3, -0.25) is 4.79 Å². The highest BCUT2D eigenvalue weighted by atomic mass is 16.3. The normalized spacial score (nSPS) is 15.6. The Morgan fingerprint density at radius 2 is 2.17 bits per heavy atom. The van der Waals surface area contributed by atoms with Crippen molar-refractivity contribution in [3.05, 3.63) is 0 Å². The standard InChI is InChI=1S/C9H18NO2/c1-3-4-5-6-10-9(7-11)8(2)12/h8-10,12H,3-6H2,1-2H3/t8-,9-/m0/s1. The molecule has 3 heteroatoms. The van der Waals surface area contributed by atoms with Gasteiger partial charge in [0.25, 0.3) is 0 Å². The smallest absolute Gasteiger partial charge is 0.219 e. The Morgan fingerprint density at radius 3 is 2.58 bits per heavy atom. The second-order valence-corrected chi connectivity index (χ2v) is 3.00. The summed E-state index contributed by atoms with van der Waals surface area (Å²) in [4.78, 5) is 10.3. The Morgan fingerprint density at radius 1 is 1.50 bits per heavy atom. The van der Waals surface area contributed by atoms with Crippen LogP contribution in [0.25, 0.3) is 0 Å². The van der Waals surface area contributed by atoms with E-state index in [0.29, 0.717) is 0 Å². The molecule has 0 aliphatic heterocycles. The number of carbonyl (C=O) groups excluding carboxylic acids is 1. The fourth-order valence-electron chi connectivity index (χ4n) is 0.943. The summed E-state index contributed by atoms with van der Waals surface area (Å²) in [5.41, 5.74) is 0. The summed E-state index contributed by atoms with van der Waals surface area (Å²) in [6.45, 7) is 4.49. The van der Waals surface area contributed by atoms with E-state index < -0.39 is 12.1 Å². The van der Waals surface area contributed by atoms with Gasteiger partial charge in [-0.15, -0.1) is 0 Å². The monoisotopic (exact) mass is 172 g/mol. The quantitative estimate of drug-likeness (QED) is 0.554. The third-order valence-electron chi connectivity index (χ3n) is 1.75. The van der Waals surface area contributed by atoms with E-state index in [1.165, 1.54) is 0 Å². The maximum absolute atomic E-state index is 10.3. The van der Waals surface area contributed by atoms with Crippen LogP contribution in [-0.2, 0) is 4.79 Å². The lowest BCUT2D eigenvalue weighted by atomic mass is 10.2. The number of hydrogen-bond donors (Lipinski definition) is 2. The first-order chi connectivity index (χ1) is 5.72. The summed E-state index contributed by atoms with van der Waals surface area (Å²) in [5.74, 6) is 0. The number of hydrogen-bond acceptors (Lipinski definition) is 3. The van der Waals surface area contributed by atoms with Gasteiger partial charge < -0.3 is 10.4 Å². The van der Waals surface area contributed by atoms with Crippen molar-refractivity contribution in [3.8, 4) is 0 Å². The molecule has 0 bridgehead atoms. The molecule has 71 valence electrons. The van der Waals surface area contributed by atoms with Crippen molar-refractivity contribution in [1.29, 1.82) is 0 Å². The zero-order valence-corrected chi connectivity index (χ0v) is 7.84. The minimum atomic E-state index is -0.649. The molecule has 0 aliphatic carbocycles. The van der Waals surface area contributed by atoms with Crippen molar-refractivity contribution >= 4 is 6.29 Å². The molecule has 2 atom stereocenters. The van der Waals surface area contributed by atoms with Gasteiger partial charge in [-0.05, 0) is 19.9 Å². The van der Waals surface area contributed by atoms with Gasteiger partial charge in [-0.2, -0.15) is 0 Å². The largest absolute Gasteiger partial charge is 0.391 e. The molecule has 0 aromatic carbocycles. The van der Waals surface area contributed by atoms with Crippen molar-refractivity contribution in [1.82, 2.24) is 5.32 Å². The van der Waals surface area contributed by atoms with Crippen molar-refractivity contribution < 1.29 is 9.90 Å². The van der Waals surface area contributed by atoms with Crippen LogP contribution in [0, 0.1) is 0 Å². The van der Waals surface area contributed by atoms with Gasteiger partial charge in [0.1, 0.15) is 6.04 Å². The third kappa shape index (κ3) is 5.27. The zero-order chi connectivity index (χ0) is 9.40. The molecule has 2 N–H and O–H groups in total. The molecule has 12 heavy (non-hydrogen) atoms. The first-order valence-corrected chi connectivity index (χ1v) is 4.51. The average molecular weight is 172 g/mol. The second-order valence-electron chi connectivity index (χ2n) is 3.00. The molecule has 0 aliphatic rings. The molecule has 0 aromatic rings. The first kappa shape index (κ1) is 11.6. The van der Waals surface area contributed by atoms with Gasteiger partial charge >= 0.3 is 0 Å². The number of unbranched alkanes of at least 4 members (excludes halogenated alkanes) is 2. The van der Waals surface area contributed by atoms with Crippen LogP contribution < -0.4 is 5.32 Å². The van der Waals surface area contributed by atoms with Crippen LogP contribution in [0.4, 0.5) is 0 Å². The summed E-state index contributed by atoms with van der Waals surface area (Å²) in [5, 5.41) is 12.0. The van der Waals surface area contributed by atoms with Gasteiger partial charge in [-0.25, -0.2) is 0 Å². The van der Waals surface area contributed by atoms with E-state index in [1.54, 1.807) is 13.2 Å². The Labute approximate surface area is 74.2 Å². The number of rotatable bonds is 7. The SMILES string of the molecule is CCCCCN[C@@H]([C]=O)[C@H](C)O. The molecule has 0 saturated heterocycles. The summed E-state index contributed by atoms with van der Waals surface area (Å²) >= 11 is 0. The van der Waals surface area contributed by atoms with Crippen molar-refractivity contribution in [2.45, 2.75) is 45.3 Å². The van der Waals surface area contributed by atoms with Crippen LogP contribution >= 0.6 is 0 Å². The zero-order valence-electron chi connectivity index (χ0n) is 7.84. The van der Waals surface area contributed by atoms with Gasteiger partial charge in [-0.1, -0.05) is 19.8 Å². The predicted molar refractivity (Wildman–Crippen MR) is 48.7 cm³/mol. The second kappa shape index (κ2) is 7.25. The van der Waals surface area contributed by atoms with E-state index in [2.05, 4.69) is 12.2 Å². The molecule has 0 fully saturated rings. The van der Waals surface area contributed by atoms with Gasteiger partial charge in [0.15, 0.2) is 0 Å². The molecule has 0 heterocycles. The van der Waals surface area contributed by atoms with Crippen LogP contribution in [0.2, 0.25) is 0 Å². The lowest BCUT2D eigenvalue weighted by Crippen LogP contribution is -2.40. The lowest BCUT2D eigenvalue weighted by molar-refractivity contribution is 0.169. The molecular weight excluding hydrogens is 154 g/mol. The molecule has 0 saturated carbocycles. The van der Waals surface area contributed by atoms with Crippen molar-refractivity contribution in [2.24, 2.45) is 0 Å². The Bertz CT molecular complexity index is 115. The summed E-state index contributed by atoms with van der Waals surface area (Å²) in [6, 6.07) is -0.526. The lowest BCUT2D eigenvalue weighted by Gasteiger charge is -2.13.